The second-order valence-electron chi connectivity index (χ2n) is 4.49. The maximum Gasteiger partial charge on any atom is 0.265 e. The minimum absolute atomic E-state index is 0.0373. The average Bonchev–Trinajstić information content (AvgIpc) is 2.77. The predicted octanol–water partition coefficient (Wildman–Crippen LogP) is 1.28. The van der Waals surface area contributed by atoms with Crippen LogP contribution in [0.15, 0.2) is 29.4 Å². The lowest BCUT2D eigenvalue weighted by molar-refractivity contribution is 0.0992. The van der Waals surface area contributed by atoms with E-state index in [0.29, 0.717) is 0 Å². The predicted molar refractivity (Wildman–Crippen MR) is 78.7 cm³/mol. The van der Waals surface area contributed by atoms with E-state index in [-0.39, 0.29) is 21.4 Å². The Bertz CT molecular complexity index is 814. The first-order valence-electron chi connectivity index (χ1n) is 5.82. The summed E-state index contributed by atoms with van der Waals surface area (Å²) in [6.07, 6.45) is 2.81. The molecule has 0 atom stereocenters. The number of nitrogens with two attached hydrogens (primary N) is 1. The molecule has 0 aliphatic rings. The number of nitrogens with one attached hydrogen (secondary N) is 1. The van der Waals surface area contributed by atoms with Gasteiger partial charge in [-0.25, -0.2) is 13.4 Å². The van der Waals surface area contributed by atoms with Crippen LogP contribution in [-0.4, -0.2) is 23.9 Å². The third kappa shape index (κ3) is 3.17. The number of nitrogens with zero attached hydrogens (tertiary/aromatic N) is 2. The van der Waals surface area contributed by atoms with Crippen LogP contribution in [0.5, 0.6) is 0 Å². The molecule has 0 aliphatic carbocycles. The fourth-order valence-electron chi connectivity index (χ4n) is 1.75. The van der Waals surface area contributed by atoms with E-state index in [1.165, 1.54) is 30.1 Å². The quantitative estimate of drug-likeness (QED) is 0.824. The van der Waals surface area contributed by atoms with Crippen LogP contribution >= 0.6 is 11.6 Å². The molecule has 0 saturated heterocycles. The Kier molecular flexibility index (Phi) is 3.93. The van der Waals surface area contributed by atoms with E-state index in [9.17, 15) is 13.2 Å². The molecule has 2 heterocycles. The van der Waals surface area contributed by atoms with Gasteiger partial charge in [-0.3, -0.25) is 9.52 Å². The smallest absolute Gasteiger partial charge is 0.265 e. The summed E-state index contributed by atoms with van der Waals surface area (Å²) in [5, 5.41) is 0.0373. The maximum atomic E-state index is 12.3. The van der Waals surface area contributed by atoms with Gasteiger partial charge < -0.3 is 10.3 Å². The molecule has 112 valence electrons. The number of primary amides is 1. The Labute approximate surface area is 126 Å². The van der Waals surface area contributed by atoms with Crippen LogP contribution in [0.4, 0.5) is 5.69 Å². The normalized spacial score (nSPS) is 11.4. The Morgan fingerprint density at radius 2 is 2.10 bits per heavy atom. The highest BCUT2D eigenvalue weighted by Crippen LogP contribution is 2.24. The largest absolute Gasteiger partial charge is 0.364 e. The molecular formula is C12H13ClN4O3S. The molecule has 0 saturated carbocycles. The summed E-state index contributed by atoms with van der Waals surface area (Å²) in [5.41, 5.74) is 6.17. The molecule has 2 aromatic rings. The lowest BCUT2D eigenvalue weighted by Gasteiger charge is -2.08. The summed E-state index contributed by atoms with van der Waals surface area (Å²) in [4.78, 5) is 15.0. The summed E-state index contributed by atoms with van der Waals surface area (Å²) in [6.45, 7) is 1.76. The first-order valence-corrected chi connectivity index (χ1v) is 7.68. The van der Waals surface area contributed by atoms with E-state index in [1.807, 2.05) is 0 Å². The standard InChI is InChI=1S/C12H13ClN4O3S/c1-7-3-9(11(13)15-5-7)16-21(19,20)8-4-10(12(14)18)17(2)6-8/h3-6,16H,1-2H3,(H2,14,18). The Morgan fingerprint density at radius 1 is 1.43 bits per heavy atom. The first kappa shape index (κ1) is 15.3. The van der Waals surface area contributed by atoms with Gasteiger partial charge in [-0.2, -0.15) is 0 Å². The number of aryl methyl sites for hydroxylation is 2. The molecule has 0 spiro atoms. The molecule has 0 aromatic carbocycles. The molecule has 2 rings (SSSR count). The van der Waals surface area contributed by atoms with Crippen molar-refractivity contribution in [1.29, 1.82) is 0 Å². The number of anilines is 1. The number of amides is 1. The zero-order valence-electron chi connectivity index (χ0n) is 11.3. The van der Waals surface area contributed by atoms with Crippen molar-refractivity contribution < 1.29 is 13.2 Å². The van der Waals surface area contributed by atoms with E-state index >= 15 is 0 Å². The van der Waals surface area contributed by atoms with E-state index < -0.39 is 15.9 Å². The minimum Gasteiger partial charge on any atom is -0.364 e. The number of rotatable bonds is 4. The molecule has 7 nitrogen and oxygen atoms in total. The van der Waals surface area contributed by atoms with Gasteiger partial charge >= 0.3 is 0 Å². The van der Waals surface area contributed by atoms with Crippen molar-refractivity contribution in [1.82, 2.24) is 9.55 Å². The van der Waals surface area contributed by atoms with Gasteiger partial charge in [0.25, 0.3) is 15.9 Å². The van der Waals surface area contributed by atoms with Gasteiger partial charge in [-0.05, 0) is 24.6 Å². The molecule has 0 bridgehead atoms. The number of hydrogen-bond donors (Lipinski definition) is 2. The highest BCUT2D eigenvalue weighted by Gasteiger charge is 2.20. The molecule has 0 fully saturated rings. The molecule has 2 aromatic heterocycles. The number of carbonyl (C=O) groups is 1. The summed E-state index contributed by atoms with van der Waals surface area (Å²) in [5.74, 6) is -0.714. The highest BCUT2D eigenvalue weighted by atomic mass is 35.5. The molecule has 21 heavy (non-hydrogen) atoms. The number of carbonyl (C=O) groups excluding carboxylic acids is 1. The molecule has 1 amide bonds. The SMILES string of the molecule is Cc1cnc(Cl)c(NS(=O)(=O)c2cc(C(N)=O)n(C)c2)c1. The molecule has 9 heteroatoms. The van der Waals surface area contributed by atoms with Crippen molar-refractivity contribution in [2.24, 2.45) is 12.8 Å². The summed E-state index contributed by atoms with van der Waals surface area (Å²) < 4.78 is 28.3. The Hall–Kier alpha value is -2.06. The third-order valence-corrected chi connectivity index (χ3v) is 4.40. The number of sulfonamides is 1. The lowest BCUT2D eigenvalue weighted by Crippen LogP contribution is -2.14. The topological polar surface area (TPSA) is 107 Å². The van der Waals surface area contributed by atoms with Crippen molar-refractivity contribution in [3.8, 4) is 0 Å². The summed E-state index contributed by atoms with van der Waals surface area (Å²) in [6, 6.07) is 2.76. The van der Waals surface area contributed by atoms with Crippen LogP contribution in [0.25, 0.3) is 0 Å². The number of halogens is 1. The minimum atomic E-state index is -3.89. The first-order chi connectivity index (χ1) is 9.70. The van der Waals surface area contributed by atoms with Crippen molar-refractivity contribution in [3.05, 3.63) is 40.9 Å². The van der Waals surface area contributed by atoms with Crippen LogP contribution in [0.2, 0.25) is 5.15 Å². The molecule has 0 radical (unpaired) electrons. The summed E-state index contributed by atoms with van der Waals surface area (Å²) in [7, 11) is -2.36. The van der Waals surface area contributed by atoms with Gasteiger partial charge in [0.1, 0.15) is 10.6 Å². The van der Waals surface area contributed by atoms with Gasteiger partial charge in [0.2, 0.25) is 0 Å². The monoisotopic (exact) mass is 328 g/mol. The van der Waals surface area contributed by atoms with Crippen molar-refractivity contribution >= 4 is 33.2 Å². The van der Waals surface area contributed by atoms with E-state index in [2.05, 4.69) is 9.71 Å². The van der Waals surface area contributed by atoms with E-state index in [4.69, 9.17) is 17.3 Å². The third-order valence-electron chi connectivity index (χ3n) is 2.76. The van der Waals surface area contributed by atoms with Crippen LogP contribution < -0.4 is 10.5 Å². The molecule has 0 aliphatic heterocycles. The number of pyridine rings is 1. The summed E-state index contributed by atoms with van der Waals surface area (Å²) >= 11 is 5.86. The van der Waals surface area contributed by atoms with Crippen molar-refractivity contribution in [2.75, 3.05) is 4.72 Å². The van der Waals surface area contributed by atoms with Gasteiger partial charge in [0.15, 0.2) is 5.15 Å². The van der Waals surface area contributed by atoms with E-state index in [1.54, 1.807) is 13.0 Å². The highest BCUT2D eigenvalue weighted by molar-refractivity contribution is 7.92. The fraction of sp³-hybridized carbons (Fsp3) is 0.167. The number of aromatic nitrogens is 2. The molecule has 3 N–H and O–H groups in total. The molecular weight excluding hydrogens is 316 g/mol. The van der Waals surface area contributed by atoms with Crippen LogP contribution in [0.1, 0.15) is 16.1 Å². The van der Waals surface area contributed by atoms with Gasteiger partial charge in [-0.1, -0.05) is 11.6 Å². The second kappa shape index (κ2) is 5.38. The van der Waals surface area contributed by atoms with Crippen molar-refractivity contribution in [3.63, 3.8) is 0 Å². The van der Waals surface area contributed by atoms with Crippen LogP contribution in [0, 0.1) is 6.92 Å². The average molecular weight is 329 g/mol. The Morgan fingerprint density at radius 3 is 2.67 bits per heavy atom. The second-order valence-corrected chi connectivity index (χ2v) is 6.53. The molecule has 0 unspecified atom stereocenters. The van der Waals surface area contributed by atoms with Gasteiger partial charge in [0, 0.05) is 19.4 Å². The van der Waals surface area contributed by atoms with Crippen LogP contribution in [0.3, 0.4) is 0 Å². The zero-order chi connectivity index (χ0) is 15.8. The Balaban J connectivity index is 2.41. The lowest BCUT2D eigenvalue weighted by atomic mass is 10.3. The van der Waals surface area contributed by atoms with Gasteiger partial charge in [0.05, 0.1) is 5.69 Å². The number of hydrogen-bond acceptors (Lipinski definition) is 4. The van der Waals surface area contributed by atoms with Crippen LogP contribution in [-0.2, 0) is 17.1 Å². The van der Waals surface area contributed by atoms with Crippen molar-refractivity contribution in [2.45, 2.75) is 11.8 Å². The van der Waals surface area contributed by atoms with E-state index in [0.717, 1.165) is 5.56 Å². The maximum absolute atomic E-state index is 12.3. The zero-order valence-corrected chi connectivity index (χ0v) is 12.9. The van der Waals surface area contributed by atoms with Gasteiger partial charge in [-0.15, -0.1) is 0 Å². The fourth-order valence-corrected chi connectivity index (χ4v) is 3.09.